The van der Waals surface area contributed by atoms with Crippen molar-refractivity contribution in [3.63, 3.8) is 0 Å². The highest BCUT2D eigenvalue weighted by molar-refractivity contribution is 5.94. The van der Waals surface area contributed by atoms with Crippen molar-refractivity contribution < 1.29 is 4.79 Å². The predicted octanol–water partition coefficient (Wildman–Crippen LogP) is 2.61. The van der Waals surface area contributed by atoms with Crippen LogP contribution in [0.1, 0.15) is 34.3 Å². The summed E-state index contributed by atoms with van der Waals surface area (Å²) in [7, 11) is 0. The van der Waals surface area contributed by atoms with E-state index in [1.807, 2.05) is 24.3 Å². The minimum absolute atomic E-state index is 0.0448. The lowest BCUT2D eigenvalue weighted by Gasteiger charge is -2.14. The van der Waals surface area contributed by atoms with Crippen molar-refractivity contribution in [2.45, 2.75) is 25.9 Å². The van der Waals surface area contributed by atoms with E-state index in [1.165, 1.54) is 31.5 Å². The molecular weight excluding hydrogens is 274 g/mol. The van der Waals surface area contributed by atoms with Gasteiger partial charge in [0.1, 0.15) is 0 Å². The number of nitrogens with one attached hydrogen (secondary N) is 1. The molecule has 0 spiro atoms. The van der Waals surface area contributed by atoms with E-state index in [0.717, 1.165) is 12.1 Å². The first-order valence-electron chi connectivity index (χ1n) is 7.80. The number of likely N-dealkylation sites (tertiary alicyclic amines) is 1. The summed E-state index contributed by atoms with van der Waals surface area (Å²) in [5.41, 5.74) is 2.97. The van der Waals surface area contributed by atoms with Gasteiger partial charge in [-0.1, -0.05) is 18.2 Å². The molecule has 114 valence electrons. The molecule has 3 rings (SSSR count). The maximum Gasteiger partial charge on any atom is 0.251 e. The minimum atomic E-state index is -0.0448. The fraction of sp³-hybridized carbons (Fsp3) is 0.333. The van der Waals surface area contributed by atoms with Gasteiger partial charge in [0.15, 0.2) is 0 Å². The van der Waals surface area contributed by atoms with Gasteiger partial charge in [0, 0.05) is 31.0 Å². The Morgan fingerprint density at radius 2 is 1.86 bits per heavy atom. The monoisotopic (exact) mass is 295 g/mol. The van der Waals surface area contributed by atoms with E-state index in [1.54, 1.807) is 12.4 Å². The predicted molar refractivity (Wildman–Crippen MR) is 86.4 cm³/mol. The number of hydrogen-bond donors (Lipinski definition) is 1. The lowest BCUT2D eigenvalue weighted by molar-refractivity contribution is 0.0951. The molecule has 1 fully saturated rings. The van der Waals surface area contributed by atoms with E-state index in [2.05, 4.69) is 27.3 Å². The second-order valence-corrected chi connectivity index (χ2v) is 5.72. The normalized spacial score (nSPS) is 14.9. The highest BCUT2D eigenvalue weighted by Gasteiger charge is 2.12. The highest BCUT2D eigenvalue weighted by Crippen LogP contribution is 2.13. The summed E-state index contributed by atoms with van der Waals surface area (Å²) < 4.78 is 0. The van der Waals surface area contributed by atoms with Gasteiger partial charge in [-0.3, -0.25) is 14.7 Å². The van der Waals surface area contributed by atoms with Gasteiger partial charge in [-0.05, 0) is 55.3 Å². The summed E-state index contributed by atoms with van der Waals surface area (Å²) in [5, 5.41) is 2.92. The van der Waals surface area contributed by atoms with Crippen LogP contribution in [-0.4, -0.2) is 28.9 Å². The van der Waals surface area contributed by atoms with Gasteiger partial charge >= 0.3 is 0 Å². The third-order valence-electron chi connectivity index (χ3n) is 4.00. The quantitative estimate of drug-likeness (QED) is 0.922. The Kier molecular flexibility index (Phi) is 4.81. The standard InChI is InChI=1S/C18H21N3O/c22-18(20-13-16-4-3-9-19-12-16)17-7-5-15(6-8-17)14-21-10-1-2-11-21/h3-9,12H,1-2,10-11,13-14H2,(H,20,22). The van der Waals surface area contributed by atoms with E-state index < -0.39 is 0 Å². The summed E-state index contributed by atoms with van der Waals surface area (Å²) in [5.74, 6) is -0.0448. The van der Waals surface area contributed by atoms with Gasteiger partial charge in [0.25, 0.3) is 5.91 Å². The second-order valence-electron chi connectivity index (χ2n) is 5.72. The molecule has 1 N–H and O–H groups in total. The average Bonchev–Trinajstić information content (AvgIpc) is 3.07. The molecule has 1 aromatic heterocycles. The number of amides is 1. The first-order valence-corrected chi connectivity index (χ1v) is 7.80. The third-order valence-corrected chi connectivity index (χ3v) is 4.00. The molecule has 2 heterocycles. The van der Waals surface area contributed by atoms with Crippen molar-refractivity contribution in [1.82, 2.24) is 15.2 Å². The second kappa shape index (κ2) is 7.18. The van der Waals surface area contributed by atoms with Gasteiger partial charge in [0.05, 0.1) is 0 Å². The molecule has 4 heteroatoms. The van der Waals surface area contributed by atoms with Crippen LogP contribution in [0.2, 0.25) is 0 Å². The Balaban J connectivity index is 1.54. The number of aromatic nitrogens is 1. The Hall–Kier alpha value is -2.20. The van der Waals surface area contributed by atoms with Crippen molar-refractivity contribution in [3.8, 4) is 0 Å². The molecule has 1 amide bonds. The van der Waals surface area contributed by atoms with Crippen LogP contribution in [0.3, 0.4) is 0 Å². The van der Waals surface area contributed by atoms with Crippen LogP contribution in [0.5, 0.6) is 0 Å². The van der Waals surface area contributed by atoms with Crippen molar-refractivity contribution in [1.29, 1.82) is 0 Å². The summed E-state index contributed by atoms with van der Waals surface area (Å²) in [6.07, 6.45) is 6.09. The zero-order valence-corrected chi connectivity index (χ0v) is 12.7. The summed E-state index contributed by atoms with van der Waals surface area (Å²) in [6, 6.07) is 11.7. The number of hydrogen-bond acceptors (Lipinski definition) is 3. The maximum atomic E-state index is 12.1. The topological polar surface area (TPSA) is 45.2 Å². The molecule has 1 aromatic carbocycles. The van der Waals surface area contributed by atoms with Crippen molar-refractivity contribution in [2.75, 3.05) is 13.1 Å². The van der Waals surface area contributed by atoms with Crippen LogP contribution >= 0.6 is 0 Å². The Morgan fingerprint density at radius 1 is 1.09 bits per heavy atom. The zero-order valence-electron chi connectivity index (χ0n) is 12.7. The summed E-state index contributed by atoms with van der Waals surface area (Å²) in [6.45, 7) is 3.86. The van der Waals surface area contributed by atoms with Gasteiger partial charge in [-0.2, -0.15) is 0 Å². The lowest BCUT2D eigenvalue weighted by atomic mass is 10.1. The number of pyridine rings is 1. The lowest BCUT2D eigenvalue weighted by Crippen LogP contribution is -2.23. The van der Waals surface area contributed by atoms with Gasteiger partial charge in [-0.25, -0.2) is 0 Å². The molecule has 0 unspecified atom stereocenters. The molecule has 0 radical (unpaired) electrons. The molecule has 1 aliphatic heterocycles. The Bertz CT molecular complexity index is 604. The minimum Gasteiger partial charge on any atom is -0.348 e. The molecule has 0 saturated carbocycles. The SMILES string of the molecule is O=C(NCc1cccnc1)c1ccc(CN2CCCC2)cc1. The van der Waals surface area contributed by atoms with Gasteiger partial charge < -0.3 is 5.32 Å². The molecule has 0 bridgehead atoms. The Morgan fingerprint density at radius 3 is 2.55 bits per heavy atom. The van der Waals surface area contributed by atoms with E-state index in [4.69, 9.17) is 0 Å². The fourth-order valence-corrected chi connectivity index (χ4v) is 2.75. The van der Waals surface area contributed by atoms with Crippen LogP contribution in [0.25, 0.3) is 0 Å². The maximum absolute atomic E-state index is 12.1. The Labute approximate surface area is 131 Å². The molecule has 2 aromatic rings. The summed E-state index contributed by atoms with van der Waals surface area (Å²) >= 11 is 0. The molecule has 0 atom stereocenters. The summed E-state index contributed by atoms with van der Waals surface area (Å²) in [4.78, 5) is 18.6. The number of carbonyl (C=O) groups excluding carboxylic acids is 1. The van der Waals surface area contributed by atoms with Gasteiger partial charge in [0.2, 0.25) is 0 Å². The molecule has 22 heavy (non-hydrogen) atoms. The molecule has 0 aliphatic carbocycles. The van der Waals surface area contributed by atoms with Gasteiger partial charge in [-0.15, -0.1) is 0 Å². The largest absolute Gasteiger partial charge is 0.348 e. The van der Waals surface area contributed by atoms with Crippen molar-refractivity contribution in [3.05, 3.63) is 65.5 Å². The van der Waals surface area contributed by atoms with E-state index >= 15 is 0 Å². The van der Waals surface area contributed by atoms with Crippen LogP contribution in [-0.2, 0) is 13.1 Å². The van der Waals surface area contributed by atoms with Crippen LogP contribution in [0.15, 0.2) is 48.8 Å². The molecule has 1 aliphatic rings. The first-order chi connectivity index (χ1) is 10.8. The number of benzene rings is 1. The van der Waals surface area contributed by atoms with E-state index in [9.17, 15) is 4.79 Å². The van der Waals surface area contributed by atoms with Crippen molar-refractivity contribution >= 4 is 5.91 Å². The van der Waals surface area contributed by atoms with E-state index in [0.29, 0.717) is 12.1 Å². The average molecular weight is 295 g/mol. The van der Waals surface area contributed by atoms with E-state index in [-0.39, 0.29) is 5.91 Å². The van der Waals surface area contributed by atoms with Crippen molar-refractivity contribution in [2.24, 2.45) is 0 Å². The third kappa shape index (κ3) is 3.92. The number of nitrogens with zero attached hydrogens (tertiary/aromatic N) is 2. The van der Waals surface area contributed by atoms with Crippen LogP contribution < -0.4 is 5.32 Å². The molecular formula is C18H21N3O. The van der Waals surface area contributed by atoms with Crippen LogP contribution in [0, 0.1) is 0 Å². The zero-order chi connectivity index (χ0) is 15.2. The number of rotatable bonds is 5. The first kappa shape index (κ1) is 14.7. The number of carbonyl (C=O) groups is 1. The fourth-order valence-electron chi connectivity index (χ4n) is 2.75. The van der Waals surface area contributed by atoms with Crippen LogP contribution in [0.4, 0.5) is 0 Å². The smallest absolute Gasteiger partial charge is 0.251 e. The molecule has 4 nitrogen and oxygen atoms in total. The molecule has 1 saturated heterocycles. The highest BCUT2D eigenvalue weighted by atomic mass is 16.1.